The fraction of sp³-hybridized carbons (Fsp3) is 0.333. The third kappa shape index (κ3) is 8.19. The highest BCUT2D eigenvalue weighted by molar-refractivity contribution is 7.92. The summed E-state index contributed by atoms with van der Waals surface area (Å²) in [6, 6.07) is 23.1. The van der Waals surface area contributed by atoms with Gasteiger partial charge in [0.1, 0.15) is 11.9 Å². The van der Waals surface area contributed by atoms with E-state index in [0.29, 0.717) is 23.5 Å². The Labute approximate surface area is 225 Å². The molecule has 206 valence electrons. The molecule has 0 aromatic heterocycles. The van der Waals surface area contributed by atoms with Crippen molar-refractivity contribution in [3.05, 3.63) is 90.0 Å². The molecule has 3 aromatic rings. The van der Waals surface area contributed by atoms with Crippen LogP contribution in [0.2, 0.25) is 0 Å². The SMILES string of the molecule is CC(O)C(N)(Oc1ccccc1)[C@H](C)CC(c1ccc(NS(C)(=O)=O)cc1)c1ccc(NS(C)(=O)=O)cc1. The first kappa shape index (κ1) is 29.4. The summed E-state index contributed by atoms with van der Waals surface area (Å²) in [6.07, 6.45) is 1.63. The van der Waals surface area contributed by atoms with Crippen molar-refractivity contribution in [3.8, 4) is 5.75 Å². The molecule has 0 aliphatic carbocycles. The van der Waals surface area contributed by atoms with Crippen molar-refractivity contribution >= 4 is 31.4 Å². The normalized spacial score (nSPS) is 15.3. The van der Waals surface area contributed by atoms with Crippen molar-refractivity contribution in [3.63, 3.8) is 0 Å². The van der Waals surface area contributed by atoms with Crippen LogP contribution in [0.1, 0.15) is 37.3 Å². The second-order valence-corrected chi connectivity index (χ2v) is 13.1. The maximum Gasteiger partial charge on any atom is 0.229 e. The first-order chi connectivity index (χ1) is 17.7. The van der Waals surface area contributed by atoms with Gasteiger partial charge in [0, 0.05) is 23.2 Å². The molecule has 0 saturated carbocycles. The minimum Gasteiger partial charge on any atom is -0.470 e. The molecular weight excluding hydrogens is 526 g/mol. The van der Waals surface area contributed by atoms with E-state index >= 15 is 0 Å². The molecule has 0 bridgehead atoms. The standard InChI is InChI=1S/C27H35N3O6S2/c1-19(27(28,20(2)31)36-25-8-6-5-7-9-25)18-26(21-10-14-23(15-11-21)29-37(3,32)33)22-12-16-24(17-13-22)30-38(4,34)35/h5-17,19-20,26,29-31H,18,28H2,1-4H3/t19-,20?,27?/m1/s1. The zero-order valence-corrected chi connectivity index (χ0v) is 23.5. The summed E-state index contributed by atoms with van der Waals surface area (Å²) in [6.45, 7) is 3.49. The molecular formula is C27H35N3O6S2. The Morgan fingerprint density at radius 2 is 1.21 bits per heavy atom. The summed E-state index contributed by atoms with van der Waals surface area (Å²) < 4.78 is 57.6. The van der Waals surface area contributed by atoms with Crippen LogP contribution in [-0.2, 0) is 20.0 Å². The van der Waals surface area contributed by atoms with Crippen LogP contribution in [0.15, 0.2) is 78.9 Å². The molecule has 3 aromatic carbocycles. The van der Waals surface area contributed by atoms with Gasteiger partial charge >= 0.3 is 0 Å². The molecule has 0 aliphatic heterocycles. The van der Waals surface area contributed by atoms with Crippen molar-refractivity contribution in [1.29, 1.82) is 0 Å². The molecule has 3 rings (SSSR count). The molecule has 3 atom stereocenters. The van der Waals surface area contributed by atoms with Crippen LogP contribution in [0.4, 0.5) is 11.4 Å². The molecule has 0 aliphatic rings. The van der Waals surface area contributed by atoms with E-state index in [0.717, 1.165) is 23.6 Å². The predicted molar refractivity (Wildman–Crippen MR) is 151 cm³/mol. The van der Waals surface area contributed by atoms with Gasteiger partial charge in [-0.15, -0.1) is 0 Å². The first-order valence-corrected chi connectivity index (χ1v) is 15.8. The summed E-state index contributed by atoms with van der Waals surface area (Å²) in [5.74, 6) is -0.0485. The number of benzene rings is 3. The lowest BCUT2D eigenvalue weighted by Gasteiger charge is -2.39. The lowest BCUT2D eigenvalue weighted by Crippen LogP contribution is -2.59. The minimum absolute atomic E-state index is 0.231. The fourth-order valence-electron chi connectivity index (χ4n) is 4.29. The first-order valence-electron chi connectivity index (χ1n) is 12.0. The average molecular weight is 562 g/mol. The van der Waals surface area contributed by atoms with Gasteiger partial charge in [0.25, 0.3) is 0 Å². The van der Waals surface area contributed by atoms with E-state index in [2.05, 4.69) is 9.44 Å². The lowest BCUT2D eigenvalue weighted by atomic mass is 9.79. The van der Waals surface area contributed by atoms with E-state index in [1.807, 2.05) is 49.4 Å². The number of hydrogen-bond donors (Lipinski definition) is 4. The smallest absolute Gasteiger partial charge is 0.229 e. The number of aliphatic hydroxyl groups is 1. The Balaban J connectivity index is 1.97. The number of ether oxygens (including phenoxy) is 1. The van der Waals surface area contributed by atoms with Crippen LogP contribution in [0.5, 0.6) is 5.75 Å². The van der Waals surface area contributed by atoms with Crippen molar-refractivity contribution < 1.29 is 26.7 Å². The number of anilines is 2. The number of hydrogen-bond acceptors (Lipinski definition) is 7. The summed E-state index contributed by atoms with van der Waals surface area (Å²) >= 11 is 0. The molecule has 0 spiro atoms. The topological polar surface area (TPSA) is 148 Å². The summed E-state index contributed by atoms with van der Waals surface area (Å²) in [7, 11) is -6.85. The van der Waals surface area contributed by atoms with Crippen molar-refractivity contribution in [2.75, 3.05) is 22.0 Å². The predicted octanol–water partition coefficient (Wildman–Crippen LogP) is 3.70. The van der Waals surface area contributed by atoms with Crippen molar-refractivity contribution in [2.45, 2.75) is 38.0 Å². The van der Waals surface area contributed by atoms with Gasteiger partial charge in [0.2, 0.25) is 20.0 Å². The van der Waals surface area contributed by atoms with Gasteiger partial charge < -0.3 is 9.84 Å². The lowest BCUT2D eigenvalue weighted by molar-refractivity contribution is -0.0801. The van der Waals surface area contributed by atoms with Crippen molar-refractivity contribution in [1.82, 2.24) is 0 Å². The molecule has 0 fully saturated rings. The van der Waals surface area contributed by atoms with Gasteiger partial charge in [0.05, 0.1) is 12.5 Å². The Kier molecular flexibility index (Phi) is 9.09. The monoisotopic (exact) mass is 561 g/mol. The van der Waals surface area contributed by atoms with Crippen LogP contribution >= 0.6 is 0 Å². The fourth-order valence-corrected chi connectivity index (χ4v) is 5.42. The van der Waals surface area contributed by atoms with Crippen LogP contribution < -0.4 is 19.9 Å². The molecule has 38 heavy (non-hydrogen) atoms. The van der Waals surface area contributed by atoms with E-state index in [-0.39, 0.29) is 11.8 Å². The van der Waals surface area contributed by atoms with E-state index in [4.69, 9.17) is 10.5 Å². The Morgan fingerprint density at radius 3 is 1.58 bits per heavy atom. The molecule has 9 nitrogen and oxygen atoms in total. The van der Waals surface area contributed by atoms with Gasteiger partial charge in [-0.3, -0.25) is 15.2 Å². The maximum atomic E-state index is 11.6. The molecule has 0 heterocycles. The number of aliphatic hydroxyl groups excluding tert-OH is 1. The largest absolute Gasteiger partial charge is 0.470 e. The molecule has 11 heteroatoms. The summed E-state index contributed by atoms with van der Waals surface area (Å²) in [4.78, 5) is 0. The second-order valence-electron chi connectivity index (χ2n) is 9.63. The van der Waals surface area contributed by atoms with E-state index in [1.165, 1.54) is 0 Å². The van der Waals surface area contributed by atoms with Crippen LogP contribution in [-0.4, -0.2) is 46.3 Å². The van der Waals surface area contributed by atoms with Crippen LogP contribution in [0.3, 0.4) is 0 Å². The average Bonchev–Trinajstić information content (AvgIpc) is 2.82. The molecule has 0 amide bonds. The third-order valence-corrected chi connectivity index (χ3v) is 7.50. The third-order valence-electron chi connectivity index (χ3n) is 6.28. The van der Waals surface area contributed by atoms with E-state index in [9.17, 15) is 21.9 Å². The second kappa shape index (κ2) is 11.7. The number of rotatable bonds is 12. The van der Waals surface area contributed by atoms with Crippen LogP contribution in [0, 0.1) is 5.92 Å². The van der Waals surface area contributed by atoms with Gasteiger partial charge in [-0.25, -0.2) is 16.8 Å². The minimum atomic E-state index is -3.43. The quantitative estimate of drug-likeness (QED) is 0.246. The Morgan fingerprint density at radius 1 is 0.789 bits per heavy atom. The van der Waals surface area contributed by atoms with Gasteiger partial charge in [0.15, 0.2) is 5.72 Å². The summed E-state index contributed by atoms with van der Waals surface area (Å²) in [5, 5.41) is 10.7. The Bertz CT molecular complexity index is 1330. The van der Waals surface area contributed by atoms with Crippen molar-refractivity contribution in [2.24, 2.45) is 11.7 Å². The highest BCUT2D eigenvalue weighted by Crippen LogP contribution is 2.37. The van der Waals surface area contributed by atoms with Gasteiger partial charge in [-0.2, -0.15) is 0 Å². The number of sulfonamides is 2. The number of nitrogens with one attached hydrogen (secondary N) is 2. The zero-order chi connectivity index (χ0) is 28.1. The molecule has 2 unspecified atom stereocenters. The van der Waals surface area contributed by atoms with Crippen LogP contribution in [0.25, 0.3) is 0 Å². The number of nitrogens with two attached hydrogens (primary N) is 1. The van der Waals surface area contributed by atoms with Gasteiger partial charge in [-0.1, -0.05) is 49.4 Å². The summed E-state index contributed by atoms with van der Waals surface area (Å²) in [5.41, 5.74) is 7.90. The number of para-hydroxylation sites is 1. The van der Waals surface area contributed by atoms with Gasteiger partial charge in [-0.05, 0) is 60.9 Å². The molecule has 0 radical (unpaired) electrons. The highest BCUT2D eigenvalue weighted by atomic mass is 32.2. The molecule has 5 N–H and O–H groups in total. The Hall–Kier alpha value is -3.12. The maximum absolute atomic E-state index is 11.6. The van der Waals surface area contributed by atoms with E-state index in [1.54, 1.807) is 43.3 Å². The van der Waals surface area contributed by atoms with E-state index < -0.39 is 31.9 Å². The molecule has 0 saturated heterocycles. The highest BCUT2D eigenvalue weighted by Gasteiger charge is 2.41. The zero-order valence-electron chi connectivity index (χ0n) is 21.8.